The van der Waals surface area contributed by atoms with E-state index in [-0.39, 0.29) is 17.5 Å². The molecule has 3 N–H and O–H groups in total. The Balaban J connectivity index is 2.11. The predicted molar refractivity (Wildman–Crippen MR) is 73.1 cm³/mol. The average molecular weight is 286 g/mol. The van der Waals surface area contributed by atoms with E-state index in [1.54, 1.807) is 0 Å². The van der Waals surface area contributed by atoms with Gasteiger partial charge in [-0.15, -0.1) is 0 Å². The van der Waals surface area contributed by atoms with Crippen molar-refractivity contribution in [3.8, 4) is 0 Å². The van der Waals surface area contributed by atoms with Crippen LogP contribution in [0.3, 0.4) is 0 Å². The van der Waals surface area contributed by atoms with Gasteiger partial charge in [-0.25, -0.2) is 13.1 Å². The fourth-order valence-corrected chi connectivity index (χ4v) is 4.14. The van der Waals surface area contributed by atoms with E-state index in [1.807, 2.05) is 0 Å². The lowest BCUT2D eigenvalue weighted by molar-refractivity contribution is 0.277. The molecular formula is C13H22N2O3S. The minimum atomic E-state index is -3.48. The van der Waals surface area contributed by atoms with E-state index in [9.17, 15) is 8.42 Å². The highest BCUT2D eigenvalue weighted by atomic mass is 32.2. The van der Waals surface area contributed by atoms with Crippen LogP contribution in [-0.2, 0) is 16.6 Å². The van der Waals surface area contributed by atoms with Gasteiger partial charge >= 0.3 is 0 Å². The number of H-pyrrole nitrogens is 1. The summed E-state index contributed by atoms with van der Waals surface area (Å²) in [7, 11) is -3.48. The Kier molecular flexibility index (Phi) is 4.65. The van der Waals surface area contributed by atoms with Gasteiger partial charge in [-0.2, -0.15) is 0 Å². The van der Waals surface area contributed by atoms with Crippen molar-refractivity contribution in [1.82, 2.24) is 9.71 Å². The first kappa shape index (κ1) is 14.6. The van der Waals surface area contributed by atoms with E-state index in [2.05, 4.69) is 16.6 Å². The van der Waals surface area contributed by atoms with Crippen molar-refractivity contribution in [2.24, 2.45) is 5.92 Å². The van der Waals surface area contributed by atoms with E-state index >= 15 is 0 Å². The Labute approximate surface area is 114 Å². The lowest BCUT2D eigenvalue weighted by Gasteiger charge is -2.31. The van der Waals surface area contributed by atoms with Crippen molar-refractivity contribution in [2.45, 2.75) is 56.6 Å². The maximum Gasteiger partial charge on any atom is 0.242 e. The molecule has 1 aromatic rings. The number of hydrogen-bond donors (Lipinski definition) is 3. The third-order valence-corrected chi connectivity index (χ3v) is 5.41. The Morgan fingerprint density at radius 2 is 2.16 bits per heavy atom. The van der Waals surface area contributed by atoms with E-state index in [0.29, 0.717) is 11.6 Å². The molecular weight excluding hydrogens is 264 g/mol. The third-order valence-electron chi connectivity index (χ3n) is 3.94. The Morgan fingerprint density at radius 1 is 1.42 bits per heavy atom. The summed E-state index contributed by atoms with van der Waals surface area (Å²) < 4.78 is 27.4. The molecule has 2 rings (SSSR count). The molecule has 6 heteroatoms. The van der Waals surface area contributed by atoms with E-state index in [1.165, 1.54) is 18.7 Å². The summed E-state index contributed by atoms with van der Waals surface area (Å²) in [6.07, 6.45) is 6.71. The molecule has 1 heterocycles. The van der Waals surface area contributed by atoms with Gasteiger partial charge in [-0.3, -0.25) is 0 Å². The largest absolute Gasteiger partial charge is 0.390 e. The Bertz CT molecular complexity index is 510. The first-order valence-corrected chi connectivity index (χ1v) is 8.35. The predicted octanol–water partition coefficient (Wildman–Crippen LogP) is 1.75. The molecule has 2 unspecified atom stereocenters. The van der Waals surface area contributed by atoms with Crippen LogP contribution in [0.15, 0.2) is 17.2 Å². The SMILES string of the molecule is CCC1CCCCC1NS(=O)(=O)c1c[nH]c(CO)c1. The summed E-state index contributed by atoms with van der Waals surface area (Å²) in [5.74, 6) is 0.430. The second-order valence-electron chi connectivity index (χ2n) is 5.20. The molecule has 2 atom stereocenters. The van der Waals surface area contributed by atoms with Crippen molar-refractivity contribution in [1.29, 1.82) is 0 Å². The maximum atomic E-state index is 12.3. The first-order valence-electron chi connectivity index (χ1n) is 6.87. The van der Waals surface area contributed by atoms with Crippen molar-refractivity contribution in [2.75, 3.05) is 0 Å². The standard InChI is InChI=1S/C13H22N2O3S/c1-2-10-5-3-4-6-13(10)15-19(17,18)12-7-11(9-16)14-8-12/h7-8,10,13-16H,2-6,9H2,1H3. The van der Waals surface area contributed by atoms with Crippen LogP contribution in [0.5, 0.6) is 0 Å². The van der Waals surface area contributed by atoms with Crippen LogP contribution < -0.4 is 4.72 Å². The van der Waals surface area contributed by atoms with E-state index in [0.717, 1.165) is 25.7 Å². The molecule has 0 amide bonds. The Hall–Kier alpha value is -0.850. The Morgan fingerprint density at radius 3 is 2.79 bits per heavy atom. The second-order valence-corrected chi connectivity index (χ2v) is 6.91. The maximum absolute atomic E-state index is 12.3. The van der Waals surface area contributed by atoms with Crippen LogP contribution in [0.4, 0.5) is 0 Å². The van der Waals surface area contributed by atoms with Gasteiger partial charge in [-0.05, 0) is 24.8 Å². The third kappa shape index (κ3) is 3.38. The van der Waals surface area contributed by atoms with E-state index in [4.69, 9.17) is 5.11 Å². The number of aliphatic hydroxyl groups excluding tert-OH is 1. The number of hydrogen-bond acceptors (Lipinski definition) is 3. The molecule has 0 bridgehead atoms. The van der Waals surface area contributed by atoms with Gasteiger partial charge in [0.1, 0.15) is 0 Å². The highest BCUT2D eigenvalue weighted by molar-refractivity contribution is 7.89. The van der Waals surface area contributed by atoms with Gasteiger partial charge in [0.15, 0.2) is 0 Å². The lowest BCUT2D eigenvalue weighted by Crippen LogP contribution is -2.41. The number of aliphatic hydroxyl groups is 1. The molecule has 1 aliphatic rings. The molecule has 1 fully saturated rings. The summed E-state index contributed by atoms with van der Waals surface area (Å²) in [5.41, 5.74) is 0.510. The summed E-state index contributed by atoms with van der Waals surface area (Å²) in [6.45, 7) is 1.92. The van der Waals surface area contributed by atoms with Gasteiger partial charge < -0.3 is 10.1 Å². The number of rotatable bonds is 5. The molecule has 1 aromatic heterocycles. The van der Waals surface area contributed by atoms with Crippen molar-refractivity contribution >= 4 is 10.0 Å². The molecule has 5 nitrogen and oxygen atoms in total. The number of sulfonamides is 1. The lowest BCUT2D eigenvalue weighted by atomic mass is 9.83. The highest BCUT2D eigenvalue weighted by Gasteiger charge is 2.28. The fourth-order valence-electron chi connectivity index (χ4n) is 2.78. The molecule has 1 saturated carbocycles. The van der Waals surface area contributed by atoms with Crippen molar-refractivity contribution in [3.05, 3.63) is 18.0 Å². The van der Waals surface area contributed by atoms with E-state index < -0.39 is 10.0 Å². The minimum absolute atomic E-state index is 0.0382. The zero-order valence-corrected chi connectivity index (χ0v) is 12.0. The number of aromatic amines is 1. The van der Waals surface area contributed by atoms with Crippen LogP contribution in [0, 0.1) is 5.92 Å². The topological polar surface area (TPSA) is 82.2 Å². The molecule has 0 radical (unpaired) electrons. The monoisotopic (exact) mass is 286 g/mol. The number of aromatic nitrogens is 1. The van der Waals surface area contributed by atoms with Gasteiger partial charge in [0, 0.05) is 17.9 Å². The van der Waals surface area contributed by atoms with Crippen LogP contribution in [-0.4, -0.2) is 24.6 Å². The molecule has 108 valence electrons. The van der Waals surface area contributed by atoms with Gasteiger partial charge in [0.25, 0.3) is 0 Å². The van der Waals surface area contributed by atoms with Crippen LogP contribution >= 0.6 is 0 Å². The molecule has 19 heavy (non-hydrogen) atoms. The quantitative estimate of drug-likeness (QED) is 0.771. The molecule has 0 aromatic carbocycles. The zero-order valence-electron chi connectivity index (χ0n) is 11.2. The van der Waals surface area contributed by atoms with Crippen molar-refractivity contribution in [3.63, 3.8) is 0 Å². The van der Waals surface area contributed by atoms with Crippen LogP contribution in [0.2, 0.25) is 0 Å². The fraction of sp³-hybridized carbons (Fsp3) is 0.692. The van der Waals surface area contributed by atoms with Gasteiger partial charge in [-0.1, -0.05) is 26.2 Å². The summed E-state index contributed by atoms with van der Waals surface area (Å²) >= 11 is 0. The average Bonchev–Trinajstić information content (AvgIpc) is 2.88. The number of nitrogens with one attached hydrogen (secondary N) is 2. The summed E-state index contributed by atoms with van der Waals surface area (Å²) in [5, 5.41) is 8.97. The van der Waals surface area contributed by atoms with Crippen molar-refractivity contribution < 1.29 is 13.5 Å². The summed E-state index contributed by atoms with van der Waals surface area (Å²) in [6, 6.07) is 1.52. The van der Waals surface area contributed by atoms with Crippen LogP contribution in [0.25, 0.3) is 0 Å². The summed E-state index contributed by atoms with van der Waals surface area (Å²) in [4.78, 5) is 2.96. The second kappa shape index (κ2) is 6.07. The molecule has 1 aliphatic carbocycles. The molecule has 0 aliphatic heterocycles. The van der Waals surface area contributed by atoms with Gasteiger partial charge in [0.2, 0.25) is 10.0 Å². The highest BCUT2D eigenvalue weighted by Crippen LogP contribution is 2.28. The van der Waals surface area contributed by atoms with Gasteiger partial charge in [0.05, 0.1) is 11.5 Å². The molecule has 0 spiro atoms. The normalized spacial score (nSPS) is 24.5. The first-order chi connectivity index (χ1) is 9.06. The molecule has 0 saturated heterocycles. The smallest absolute Gasteiger partial charge is 0.242 e. The van der Waals surface area contributed by atoms with Crippen LogP contribution in [0.1, 0.15) is 44.7 Å². The zero-order chi connectivity index (χ0) is 13.9. The minimum Gasteiger partial charge on any atom is -0.390 e.